The highest BCUT2D eigenvalue weighted by atomic mass is 35.5. The Morgan fingerprint density at radius 2 is 2.11 bits per heavy atom. The van der Waals surface area contributed by atoms with E-state index in [4.69, 9.17) is 16.3 Å². The van der Waals surface area contributed by atoms with Gasteiger partial charge in [0.25, 0.3) is 5.91 Å². The summed E-state index contributed by atoms with van der Waals surface area (Å²) in [6.45, 7) is 6.49. The van der Waals surface area contributed by atoms with Crippen molar-refractivity contribution in [3.8, 4) is 0 Å². The molecule has 0 spiro atoms. The van der Waals surface area contributed by atoms with Crippen molar-refractivity contribution in [2.75, 3.05) is 26.3 Å². The zero-order chi connectivity index (χ0) is 13.1. The van der Waals surface area contributed by atoms with Gasteiger partial charge in [0.2, 0.25) is 0 Å². The number of morpholine rings is 1. The van der Waals surface area contributed by atoms with E-state index in [1.807, 2.05) is 6.07 Å². The van der Waals surface area contributed by atoms with Crippen LogP contribution in [0.3, 0.4) is 0 Å². The van der Waals surface area contributed by atoms with E-state index in [0.29, 0.717) is 42.9 Å². The number of hydrogen-bond donors (Lipinski definition) is 0. The minimum Gasteiger partial charge on any atom is -0.378 e. The van der Waals surface area contributed by atoms with E-state index < -0.39 is 0 Å². The van der Waals surface area contributed by atoms with Gasteiger partial charge in [-0.3, -0.25) is 4.79 Å². The highest BCUT2D eigenvalue weighted by molar-refractivity contribution is 6.33. The summed E-state index contributed by atoms with van der Waals surface area (Å²) in [5.74, 6) is 0.237. The second-order valence-electron chi connectivity index (χ2n) is 4.66. The van der Waals surface area contributed by atoms with Gasteiger partial charge in [-0.25, -0.2) is 4.98 Å². The summed E-state index contributed by atoms with van der Waals surface area (Å²) in [4.78, 5) is 18.2. The summed E-state index contributed by atoms with van der Waals surface area (Å²) in [7, 11) is 0. The molecular weight excluding hydrogens is 252 g/mol. The Bertz CT molecular complexity index is 443. The van der Waals surface area contributed by atoms with E-state index in [0.717, 1.165) is 5.56 Å². The number of carbonyl (C=O) groups excluding carboxylic acids is 1. The molecule has 1 aromatic rings. The van der Waals surface area contributed by atoms with Crippen molar-refractivity contribution < 1.29 is 9.53 Å². The highest BCUT2D eigenvalue weighted by Gasteiger charge is 2.22. The van der Waals surface area contributed by atoms with Gasteiger partial charge in [-0.05, 0) is 17.5 Å². The number of carbonyl (C=O) groups is 1. The van der Waals surface area contributed by atoms with Crippen molar-refractivity contribution in [1.29, 1.82) is 0 Å². The SMILES string of the molecule is CC(C)c1cnc(C(=O)N2CCOCC2)c(Cl)c1. The van der Waals surface area contributed by atoms with Crippen LogP contribution in [0.2, 0.25) is 5.02 Å². The van der Waals surface area contributed by atoms with Crippen molar-refractivity contribution in [3.63, 3.8) is 0 Å². The first-order valence-corrected chi connectivity index (χ1v) is 6.50. The molecule has 0 aliphatic carbocycles. The predicted octanol–water partition coefficient (Wildman–Crippen LogP) is 2.33. The summed E-state index contributed by atoms with van der Waals surface area (Å²) < 4.78 is 5.22. The third-order valence-corrected chi connectivity index (χ3v) is 3.32. The van der Waals surface area contributed by atoms with E-state index >= 15 is 0 Å². The Kier molecular flexibility index (Phi) is 4.19. The molecule has 2 heterocycles. The average molecular weight is 269 g/mol. The number of amides is 1. The van der Waals surface area contributed by atoms with Crippen LogP contribution < -0.4 is 0 Å². The fourth-order valence-corrected chi connectivity index (χ4v) is 2.10. The molecular formula is C13H17ClN2O2. The molecule has 0 radical (unpaired) electrons. The van der Waals surface area contributed by atoms with Crippen LogP contribution in [0, 0.1) is 0 Å². The van der Waals surface area contributed by atoms with Gasteiger partial charge in [0.15, 0.2) is 0 Å². The lowest BCUT2D eigenvalue weighted by atomic mass is 10.1. The maximum absolute atomic E-state index is 12.2. The van der Waals surface area contributed by atoms with E-state index in [1.54, 1.807) is 11.1 Å². The molecule has 1 fully saturated rings. The van der Waals surface area contributed by atoms with Gasteiger partial charge >= 0.3 is 0 Å². The minimum atomic E-state index is -0.112. The Hall–Kier alpha value is -1.13. The second-order valence-corrected chi connectivity index (χ2v) is 5.07. The third-order valence-electron chi connectivity index (χ3n) is 3.03. The van der Waals surface area contributed by atoms with Gasteiger partial charge in [-0.15, -0.1) is 0 Å². The molecule has 0 unspecified atom stereocenters. The minimum absolute atomic E-state index is 0.112. The van der Waals surface area contributed by atoms with E-state index in [2.05, 4.69) is 18.8 Å². The number of nitrogens with zero attached hydrogens (tertiary/aromatic N) is 2. The van der Waals surface area contributed by atoms with Gasteiger partial charge in [0.05, 0.1) is 18.2 Å². The number of pyridine rings is 1. The Balaban J connectivity index is 2.19. The van der Waals surface area contributed by atoms with Crippen LogP contribution in [0.25, 0.3) is 0 Å². The largest absolute Gasteiger partial charge is 0.378 e. The maximum Gasteiger partial charge on any atom is 0.274 e. The van der Waals surface area contributed by atoms with Crippen LogP contribution in [0.4, 0.5) is 0 Å². The predicted molar refractivity (Wildman–Crippen MR) is 70.1 cm³/mol. The molecule has 2 rings (SSSR count). The molecule has 4 nitrogen and oxygen atoms in total. The molecule has 0 atom stereocenters. The number of halogens is 1. The Labute approximate surface area is 112 Å². The van der Waals surface area contributed by atoms with Crippen LogP contribution in [0.1, 0.15) is 35.8 Å². The van der Waals surface area contributed by atoms with Crippen LogP contribution in [0.15, 0.2) is 12.3 Å². The van der Waals surface area contributed by atoms with Gasteiger partial charge in [-0.1, -0.05) is 25.4 Å². The molecule has 0 aromatic carbocycles. The summed E-state index contributed by atoms with van der Waals surface area (Å²) >= 11 is 6.15. The molecule has 0 N–H and O–H groups in total. The zero-order valence-corrected chi connectivity index (χ0v) is 11.4. The van der Waals surface area contributed by atoms with Gasteiger partial charge < -0.3 is 9.64 Å². The van der Waals surface area contributed by atoms with E-state index in [1.165, 1.54) is 0 Å². The van der Waals surface area contributed by atoms with Crippen LogP contribution in [-0.2, 0) is 4.74 Å². The standard InChI is InChI=1S/C13H17ClN2O2/c1-9(2)10-7-11(14)12(15-8-10)13(17)16-3-5-18-6-4-16/h7-9H,3-6H2,1-2H3. The van der Waals surface area contributed by atoms with Gasteiger partial charge in [-0.2, -0.15) is 0 Å². The number of hydrogen-bond acceptors (Lipinski definition) is 3. The van der Waals surface area contributed by atoms with Crippen LogP contribution in [0.5, 0.6) is 0 Å². The second kappa shape index (κ2) is 5.67. The first-order valence-electron chi connectivity index (χ1n) is 6.12. The van der Waals surface area contributed by atoms with Crippen molar-refractivity contribution in [1.82, 2.24) is 9.88 Å². The lowest BCUT2D eigenvalue weighted by Gasteiger charge is -2.26. The molecule has 1 aliphatic rings. The number of rotatable bonds is 2. The first kappa shape index (κ1) is 13.3. The lowest BCUT2D eigenvalue weighted by molar-refractivity contribution is 0.0299. The van der Waals surface area contributed by atoms with Crippen LogP contribution >= 0.6 is 11.6 Å². The molecule has 18 heavy (non-hydrogen) atoms. The third kappa shape index (κ3) is 2.82. The monoisotopic (exact) mass is 268 g/mol. The smallest absolute Gasteiger partial charge is 0.274 e. The molecule has 0 saturated carbocycles. The highest BCUT2D eigenvalue weighted by Crippen LogP contribution is 2.22. The summed E-state index contributed by atoms with van der Waals surface area (Å²) in [5.41, 5.74) is 1.38. The molecule has 1 aromatic heterocycles. The lowest BCUT2D eigenvalue weighted by Crippen LogP contribution is -2.41. The van der Waals surface area contributed by atoms with Gasteiger partial charge in [0, 0.05) is 19.3 Å². The summed E-state index contributed by atoms with van der Waals surface area (Å²) in [6, 6.07) is 1.83. The van der Waals surface area contributed by atoms with Crippen molar-refractivity contribution in [2.45, 2.75) is 19.8 Å². The normalized spacial score (nSPS) is 16.1. The maximum atomic E-state index is 12.2. The zero-order valence-electron chi connectivity index (χ0n) is 10.6. The number of ether oxygens (including phenoxy) is 1. The number of aromatic nitrogens is 1. The molecule has 1 aliphatic heterocycles. The molecule has 5 heteroatoms. The average Bonchev–Trinajstić information content (AvgIpc) is 2.38. The van der Waals surface area contributed by atoms with Crippen molar-refractivity contribution >= 4 is 17.5 Å². The fourth-order valence-electron chi connectivity index (χ4n) is 1.84. The molecule has 0 bridgehead atoms. The Morgan fingerprint density at radius 3 is 2.67 bits per heavy atom. The fraction of sp³-hybridized carbons (Fsp3) is 0.538. The van der Waals surface area contributed by atoms with E-state index in [-0.39, 0.29) is 5.91 Å². The van der Waals surface area contributed by atoms with Crippen molar-refractivity contribution in [2.24, 2.45) is 0 Å². The first-order chi connectivity index (χ1) is 8.59. The van der Waals surface area contributed by atoms with Gasteiger partial charge in [0.1, 0.15) is 5.69 Å². The van der Waals surface area contributed by atoms with Crippen molar-refractivity contribution in [3.05, 3.63) is 28.5 Å². The topological polar surface area (TPSA) is 42.4 Å². The summed E-state index contributed by atoms with van der Waals surface area (Å²) in [5, 5.41) is 0.428. The quantitative estimate of drug-likeness (QED) is 0.827. The molecule has 1 saturated heterocycles. The molecule has 98 valence electrons. The summed E-state index contributed by atoms with van der Waals surface area (Å²) in [6.07, 6.45) is 1.73. The van der Waals surface area contributed by atoms with Crippen LogP contribution in [-0.4, -0.2) is 42.1 Å². The molecule has 1 amide bonds. The van der Waals surface area contributed by atoms with E-state index in [9.17, 15) is 4.79 Å². The Morgan fingerprint density at radius 1 is 1.44 bits per heavy atom.